The predicted octanol–water partition coefficient (Wildman–Crippen LogP) is -0.321. The first-order valence-electron chi connectivity index (χ1n) is 8.99. The highest BCUT2D eigenvalue weighted by molar-refractivity contribution is 5.86. The van der Waals surface area contributed by atoms with Gasteiger partial charge in [0.25, 0.3) is 5.69 Å². The lowest BCUT2D eigenvalue weighted by Crippen LogP contribution is -2.97. The number of nitro groups is 1. The monoisotopic (exact) mass is 404 g/mol. The maximum atomic E-state index is 13.1. The average Bonchev–Trinajstić information content (AvgIpc) is 2.76. The zero-order chi connectivity index (χ0) is 21.3. The lowest BCUT2D eigenvalue weighted by Gasteiger charge is -2.34. The van der Waals surface area contributed by atoms with Crippen LogP contribution in [0.4, 0.5) is 5.69 Å². The van der Waals surface area contributed by atoms with E-state index in [-0.39, 0.29) is 11.4 Å². The molecule has 3 aromatic rings. The molecule has 0 saturated heterocycles. The first kappa shape index (κ1) is 19.1. The number of para-hydroxylation sites is 1. The zero-order valence-corrected chi connectivity index (χ0v) is 15.5. The van der Waals surface area contributed by atoms with Crippen LogP contribution >= 0.6 is 0 Å². The third kappa shape index (κ3) is 3.56. The molecule has 0 bridgehead atoms. The summed E-state index contributed by atoms with van der Waals surface area (Å²) < 4.78 is 0. The van der Waals surface area contributed by atoms with E-state index in [1.165, 1.54) is 59.0 Å². The molecule has 0 aromatic heterocycles. The fourth-order valence-corrected chi connectivity index (χ4v) is 3.17. The van der Waals surface area contributed by atoms with Crippen LogP contribution < -0.4 is 21.1 Å². The summed E-state index contributed by atoms with van der Waals surface area (Å²) in [4.78, 5) is 27.8. The number of rotatable bonds is 4. The van der Waals surface area contributed by atoms with Crippen molar-refractivity contribution >= 4 is 17.5 Å². The number of phenols is 1. The van der Waals surface area contributed by atoms with Crippen molar-refractivity contribution in [1.29, 1.82) is 0 Å². The van der Waals surface area contributed by atoms with E-state index >= 15 is 0 Å². The highest BCUT2D eigenvalue weighted by Crippen LogP contribution is 2.24. The van der Waals surface area contributed by atoms with Crippen molar-refractivity contribution in [2.24, 2.45) is 4.99 Å². The van der Waals surface area contributed by atoms with Crippen LogP contribution in [0.25, 0.3) is 5.88 Å². The number of hydrogen-bond acceptors (Lipinski definition) is 7. The minimum absolute atomic E-state index is 0.0216. The topological polar surface area (TPSA) is 136 Å². The summed E-state index contributed by atoms with van der Waals surface area (Å²) in [6, 6.07) is 18.1. The van der Waals surface area contributed by atoms with E-state index in [0.717, 1.165) is 0 Å². The molecule has 9 nitrogen and oxygen atoms in total. The van der Waals surface area contributed by atoms with E-state index in [0.29, 0.717) is 21.7 Å². The Morgan fingerprint density at radius 3 is 2.37 bits per heavy atom. The Labute approximate surface area is 170 Å². The van der Waals surface area contributed by atoms with Crippen LogP contribution in [-0.4, -0.2) is 20.9 Å². The molecule has 1 aliphatic heterocycles. The van der Waals surface area contributed by atoms with Crippen molar-refractivity contribution in [3.63, 3.8) is 0 Å². The van der Waals surface area contributed by atoms with Gasteiger partial charge in [-0.15, -0.1) is 0 Å². The molecule has 0 aliphatic carbocycles. The second-order valence-electron chi connectivity index (χ2n) is 6.62. The molecule has 4 rings (SSSR count). The molecular weight excluding hydrogens is 388 g/mol. The van der Waals surface area contributed by atoms with Gasteiger partial charge in [-0.25, -0.2) is 14.8 Å². The molecule has 0 saturated carbocycles. The lowest BCUT2D eigenvalue weighted by atomic mass is 10.1. The molecule has 3 N–H and O–H groups in total. The summed E-state index contributed by atoms with van der Waals surface area (Å²) >= 11 is 0. The zero-order valence-electron chi connectivity index (χ0n) is 15.5. The normalized spacial score (nSPS) is 15.3. The van der Waals surface area contributed by atoms with Gasteiger partial charge < -0.3 is 10.2 Å². The van der Waals surface area contributed by atoms with Crippen LogP contribution in [-0.2, 0) is 0 Å². The predicted molar refractivity (Wildman–Crippen MR) is 103 cm³/mol. The van der Waals surface area contributed by atoms with Crippen LogP contribution in [0.1, 0.15) is 22.1 Å². The van der Waals surface area contributed by atoms with Gasteiger partial charge in [0.1, 0.15) is 5.75 Å². The van der Waals surface area contributed by atoms with E-state index < -0.39 is 22.9 Å². The SMILES string of the molecule is O=C([NH2+]N1C([O-])=c2ccccc2=NC1c1ccc([N+](=O)[O-])cc1)c1ccc(O)cc1. The largest absolute Gasteiger partial charge is 0.856 e. The fraction of sp³-hybridized carbons (Fsp3) is 0.0476. The number of phenolic OH excluding ortho intramolecular Hbond substituents is 1. The van der Waals surface area contributed by atoms with Crippen molar-refractivity contribution in [2.75, 3.05) is 0 Å². The van der Waals surface area contributed by atoms with Crippen LogP contribution in [0.15, 0.2) is 77.8 Å². The van der Waals surface area contributed by atoms with Crippen LogP contribution in [0.5, 0.6) is 5.75 Å². The Morgan fingerprint density at radius 1 is 1.03 bits per heavy atom. The second-order valence-corrected chi connectivity index (χ2v) is 6.62. The van der Waals surface area contributed by atoms with Gasteiger partial charge >= 0.3 is 5.91 Å². The van der Waals surface area contributed by atoms with Gasteiger partial charge in [-0.1, -0.05) is 18.2 Å². The Morgan fingerprint density at radius 2 is 1.70 bits per heavy atom. The number of fused-ring (bicyclic) bond motifs is 1. The van der Waals surface area contributed by atoms with Crippen molar-refractivity contribution in [2.45, 2.75) is 6.17 Å². The van der Waals surface area contributed by atoms with Gasteiger partial charge in [0, 0.05) is 28.8 Å². The smallest absolute Gasteiger partial charge is 0.366 e. The number of aromatic hydroxyl groups is 1. The van der Waals surface area contributed by atoms with E-state index in [4.69, 9.17) is 0 Å². The molecule has 0 radical (unpaired) electrons. The summed E-state index contributed by atoms with van der Waals surface area (Å²) in [6.45, 7) is 0. The maximum absolute atomic E-state index is 13.1. The number of amides is 1. The van der Waals surface area contributed by atoms with Crippen molar-refractivity contribution in [1.82, 2.24) is 5.01 Å². The Kier molecular flexibility index (Phi) is 4.87. The van der Waals surface area contributed by atoms with Crippen LogP contribution in [0.2, 0.25) is 0 Å². The van der Waals surface area contributed by atoms with E-state index in [1.807, 2.05) is 0 Å². The van der Waals surface area contributed by atoms with Crippen LogP contribution in [0, 0.1) is 10.1 Å². The number of primary amides is 1. The van der Waals surface area contributed by atoms with Gasteiger partial charge in [0.05, 0.1) is 15.8 Å². The Hall–Kier alpha value is -4.24. The van der Waals surface area contributed by atoms with Crippen LogP contribution in [0.3, 0.4) is 0 Å². The number of nitrogens with two attached hydrogens (primary N) is 1. The standard InChI is InChI=1S/C21H16N4O5/c26-16-11-7-14(8-12-16)20(27)23-24-19(13-5-9-15(10-6-13)25(29)30)22-18-4-2-1-3-17(18)21(24)28/h1-12,19,26,28H,(H,23,27). The number of non-ortho nitro benzene ring substituents is 1. The molecular formula is C21H16N4O5. The van der Waals surface area contributed by atoms with E-state index in [1.54, 1.807) is 24.3 Å². The average molecular weight is 404 g/mol. The summed E-state index contributed by atoms with van der Waals surface area (Å²) in [5, 5.41) is 35.5. The first-order valence-corrected chi connectivity index (χ1v) is 8.99. The molecule has 1 atom stereocenters. The lowest BCUT2D eigenvalue weighted by molar-refractivity contribution is -0.725. The van der Waals surface area contributed by atoms with Crippen molar-refractivity contribution < 1.29 is 25.4 Å². The quantitative estimate of drug-likeness (QED) is 0.348. The number of hydrogen-bond donors (Lipinski definition) is 2. The Balaban J connectivity index is 1.76. The van der Waals surface area contributed by atoms with Gasteiger partial charge in [0.15, 0.2) is 6.17 Å². The minimum Gasteiger partial charge on any atom is -0.856 e. The number of nitrogens with zero attached hydrogens (tertiary/aromatic N) is 3. The molecule has 30 heavy (non-hydrogen) atoms. The third-order valence-electron chi connectivity index (χ3n) is 4.70. The fourth-order valence-electron chi connectivity index (χ4n) is 3.17. The molecule has 1 aliphatic rings. The number of quaternary nitrogens is 1. The van der Waals surface area contributed by atoms with Crippen molar-refractivity contribution in [3.05, 3.63) is 105 Å². The number of carbonyl (C=O) groups excluding carboxylic acids is 1. The minimum atomic E-state index is -0.853. The number of benzene rings is 3. The summed E-state index contributed by atoms with van der Waals surface area (Å²) in [7, 11) is 0. The molecule has 1 unspecified atom stereocenters. The Bertz CT molecular complexity index is 1240. The molecule has 0 fully saturated rings. The van der Waals surface area contributed by atoms with E-state index in [9.17, 15) is 25.1 Å². The highest BCUT2D eigenvalue weighted by Gasteiger charge is 2.28. The van der Waals surface area contributed by atoms with E-state index in [2.05, 4.69) is 4.99 Å². The molecule has 0 spiro atoms. The summed E-state index contributed by atoms with van der Waals surface area (Å²) in [5.74, 6) is -0.825. The summed E-state index contributed by atoms with van der Waals surface area (Å²) in [6.07, 6.45) is -0.853. The number of carbonyl (C=O) groups is 1. The summed E-state index contributed by atoms with van der Waals surface area (Å²) in [5.41, 5.74) is 1.90. The molecule has 150 valence electrons. The van der Waals surface area contributed by atoms with Gasteiger partial charge in [-0.2, -0.15) is 5.43 Å². The maximum Gasteiger partial charge on any atom is 0.366 e. The highest BCUT2D eigenvalue weighted by atomic mass is 16.6. The molecule has 9 heteroatoms. The van der Waals surface area contributed by atoms with Gasteiger partial charge in [0.2, 0.25) is 0 Å². The first-order chi connectivity index (χ1) is 14.4. The van der Waals surface area contributed by atoms with Crippen molar-refractivity contribution in [3.8, 4) is 5.75 Å². The third-order valence-corrected chi connectivity index (χ3v) is 4.70. The second kappa shape index (κ2) is 7.64. The van der Waals surface area contributed by atoms with Gasteiger partial charge in [-0.05, 0) is 42.5 Å². The molecule has 1 amide bonds. The number of nitro benzene ring substituents is 1. The molecule has 3 aromatic carbocycles. The van der Waals surface area contributed by atoms with Gasteiger partial charge in [-0.3, -0.25) is 10.1 Å². The molecule has 1 heterocycles.